The number of nitrogens with zero attached hydrogens (tertiary/aromatic N) is 2. The van der Waals surface area contributed by atoms with E-state index in [-0.39, 0.29) is 0 Å². The van der Waals surface area contributed by atoms with Gasteiger partial charge in [-0.25, -0.2) is 9.97 Å². The van der Waals surface area contributed by atoms with Gasteiger partial charge in [0.05, 0.1) is 0 Å². The number of rotatable bonds is 3. The van der Waals surface area contributed by atoms with Gasteiger partial charge in [-0.3, -0.25) is 0 Å². The van der Waals surface area contributed by atoms with E-state index in [1.807, 2.05) is 60.9 Å². The highest BCUT2D eigenvalue weighted by atomic mass is 35.5. The van der Waals surface area contributed by atoms with Crippen molar-refractivity contribution in [1.29, 1.82) is 0 Å². The van der Waals surface area contributed by atoms with Gasteiger partial charge in [0.25, 0.3) is 0 Å². The van der Waals surface area contributed by atoms with E-state index in [1.54, 1.807) is 0 Å². The second kappa shape index (κ2) is 5.86. The number of halogens is 1. The van der Waals surface area contributed by atoms with E-state index in [9.17, 15) is 0 Å². The van der Waals surface area contributed by atoms with Crippen LogP contribution in [0.5, 0.6) is 0 Å². The number of benzene rings is 2. The number of fused-ring (bicyclic) bond motifs is 1. The van der Waals surface area contributed by atoms with Gasteiger partial charge >= 0.3 is 0 Å². The lowest BCUT2D eigenvalue weighted by molar-refractivity contribution is 0.631. The van der Waals surface area contributed by atoms with Gasteiger partial charge in [-0.05, 0) is 35.4 Å². The van der Waals surface area contributed by atoms with Crippen LogP contribution < -0.4 is 0 Å². The predicted octanol–water partition coefficient (Wildman–Crippen LogP) is 5.13. The third kappa shape index (κ3) is 2.83. The molecule has 0 aliphatic rings. The summed E-state index contributed by atoms with van der Waals surface area (Å²) in [5.74, 6) is 0.820. The average Bonchev–Trinajstić information content (AvgIpc) is 3.01. The fourth-order valence-electron chi connectivity index (χ4n) is 2.69. The number of para-hydroxylation sites is 1. The molecule has 23 heavy (non-hydrogen) atoms. The highest BCUT2D eigenvalue weighted by Gasteiger charge is 2.12. The molecule has 4 rings (SSSR count). The largest absolute Gasteiger partial charge is 0.456 e. The van der Waals surface area contributed by atoms with Crippen LogP contribution in [0, 0.1) is 0 Å². The normalized spacial score (nSPS) is 11.0. The quantitative estimate of drug-likeness (QED) is 0.525. The topological polar surface area (TPSA) is 38.9 Å². The summed E-state index contributed by atoms with van der Waals surface area (Å²) in [4.78, 5) is 8.15. The van der Waals surface area contributed by atoms with Crippen LogP contribution in [0.15, 0.2) is 71.7 Å². The molecule has 4 aromatic rings. The molecule has 2 aromatic carbocycles. The molecule has 3 nitrogen and oxygen atoms in total. The molecule has 2 heterocycles. The summed E-state index contributed by atoms with van der Waals surface area (Å²) in [5.41, 5.74) is 4.05. The molecule has 0 unspecified atom stereocenters. The Labute approximate surface area is 138 Å². The van der Waals surface area contributed by atoms with Crippen molar-refractivity contribution in [2.45, 2.75) is 6.42 Å². The van der Waals surface area contributed by atoms with E-state index in [2.05, 4.69) is 9.97 Å². The number of hydrogen-bond acceptors (Lipinski definition) is 3. The summed E-state index contributed by atoms with van der Waals surface area (Å²) >= 11 is 6.20. The molecular formula is C19H13ClN2O. The van der Waals surface area contributed by atoms with Gasteiger partial charge < -0.3 is 4.42 Å². The molecule has 0 amide bonds. The van der Waals surface area contributed by atoms with E-state index in [0.29, 0.717) is 5.02 Å². The summed E-state index contributed by atoms with van der Waals surface area (Å²) in [5, 5.41) is 1.77. The molecule has 0 N–H and O–H groups in total. The number of hydrogen-bond donors (Lipinski definition) is 0. The van der Waals surface area contributed by atoms with Crippen LogP contribution in [0.25, 0.3) is 22.3 Å². The van der Waals surface area contributed by atoms with Crippen LogP contribution >= 0.6 is 11.6 Å². The second-order valence-corrected chi connectivity index (χ2v) is 5.81. The Bertz CT molecular complexity index is 930. The van der Waals surface area contributed by atoms with Crippen molar-refractivity contribution >= 4 is 22.6 Å². The lowest BCUT2D eigenvalue weighted by atomic mass is 9.99. The standard InChI is InChI=1S/C19H13ClN2O/c20-16-6-5-14(7-13-10-21-12-22-11-13)17(9-16)19-8-15-3-1-2-4-18(15)23-19/h1-6,8-12H,7H2. The predicted molar refractivity (Wildman–Crippen MR) is 91.5 cm³/mol. The molecule has 112 valence electrons. The van der Waals surface area contributed by atoms with E-state index >= 15 is 0 Å². The van der Waals surface area contributed by atoms with E-state index < -0.39 is 0 Å². The van der Waals surface area contributed by atoms with Crippen molar-refractivity contribution in [2.24, 2.45) is 0 Å². The van der Waals surface area contributed by atoms with Crippen LogP contribution in [0.3, 0.4) is 0 Å². The molecule has 0 saturated carbocycles. The fourth-order valence-corrected chi connectivity index (χ4v) is 2.86. The SMILES string of the molecule is Clc1ccc(Cc2cncnc2)c(-c2cc3ccccc3o2)c1. The maximum absolute atomic E-state index is 6.20. The van der Waals surface area contributed by atoms with Crippen molar-refractivity contribution in [3.8, 4) is 11.3 Å². The van der Waals surface area contributed by atoms with Crippen LogP contribution in [0.1, 0.15) is 11.1 Å². The molecule has 0 bridgehead atoms. The zero-order chi connectivity index (χ0) is 15.6. The molecule has 0 fully saturated rings. The van der Waals surface area contributed by atoms with Crippen LogP contribution in [0.2, 0.25) is 5.02 Å². The Kier molecular flexibility index (Phi) is 3.56. The summed E-state index contributed by atoms with van der Waals surface area (Å²) in [6.45, 7) is 0. The van der Waals surface area contributed by atoms with Gasteiger partial charge in [0, 0.05) is 34.8 Å². The monoisotopic (exact) mass is 320 g/mol. The molecular weight excluding hydrogens is 308 g/mol. The van der Waals surface area contributed by atoms with Gasteiger partial charge in [0.1, 0.15) is 17.7 Å². The maximum atomic E-state index is 6.20. The number of furan rings is 1. The van der Waals surface area contributed by atoms with Crippen molar-refractivity contribution in [3.05, 3.63) is 83.4 Å². The maximum Gasteiger partial charge on any atom is 0.135 e. The Hall–Kier alpha value is -2.65. The van der Waals surface area contributed by atoms with Crippen LogP contribution in [-0.4, -0.2) is 9.97 Å². The second-order valence-electron chi connectivity index (χ2n) is 5.37. The Balaban J connectivity index is 1.82. The first kappa shape index (κ1) is 14.0. The van der Waals surface area contributed by atoms with Crippen LogP contribution in [-0.2, 0) is 6.42 Å². The first-order valence-electron chi connectivity index (χ1n) is 7.31. The molecule has 0 radical (unpaired) electrons. The summed E-state index contributed by atoms with van der Waals surface area (Å²) < 4.78 is 6.00. The molecule has 0 aliphatic carbocycles. The zero-order valence-corrected chi connectivity index (χ0v) is 13.0. The third-order valence-electron chi connectivity index (χ3n) is 3.77. The van der Waals surface area contributed by atoms with Crippen molar-refractivity contribution in [3.63, 3.8) is 0 Å². The molecule has 0 aliphatic heterocycles. The first-order valence-corrected chi connectivity index (χ1v) is 7.69. The smallest absolute Gasteiger partial charge is 0.135 e. The minimum absolute atomic E-state index is 0.688. The Morgan fingerprint density at radius 2 is 1.78 bits per heavy atom. The van der Waals surface area contributed by atoms with Crippen molar-refractivity contribution in [1.82, 2.24) is 9.97 Å². The lowest BCUT2D eigenvalue weighted by Crippen LogP contribution is -1.93. The van der Waals surface area contributed by atoms with Gasteiger partial charge in [0.2, 0.25) is 0 Å². The molecule has 0 saturated heterocycles. The van der Waals surface area contributed by atoms with E-state index in [1.165, 1.54) is 6.33 Å². The molecule has 4 heteroatoms. The van der Waals surface area contributed by atoms with Gasteiger partial charge in [-0.15, -0.1) is 0 Å². The highest BCUT2D eigenvalue weighted by Crippen LogP contribution is 2.32. The molecule has 2 aromatic heterocycles. The van der Waals surface area contributed by atoms with E-state index in [4.69, 9.17) is 16.0 Å². The Morgan fingerprint density at radius 3 is 2.61 bits per heavy atom. The number of aromatic nitrogens is 2. The van der Waals surface area contributed by atoms with Gasteiger partial charge in [0.15, 0.2) is 0 Å². The highest BCUT2D eigenvalue weighted by molar-refractivity contribution is 6.30. The zero-order valence-electron chi connectivity index (χ0n) is 12.2. The molecule has 0 spiro atoms. The summed E-state index contributed by atoms with van der Waals surface area (Å²) in [7, 11) is 0. The van der Waals surface area contributed by atoms with Gasteiger partial charge in [-0.2, -0.15) is 0 Å². The molecule has 0 atom stereocenters. The van der Waals surface area contributed by atoms with Crippen molar-refractivity contribution < 1.29 is 4.42 Å². The Morgan fingerprint density at radius 1 is 0.957 bits per heavy atom. The summed E-state index contributed by atoms with van der Waals surface area (Å²) in [6, 6.07) is 15.9. The van der Waals surface area contributed by atoms with Crippen LogP contribution in [0.4, 0.5) is 0 Å². The van der Waals surface area contributed by atoms with Gasteiger partial charge in [-0.1, -0.05) is 35.9 Å². The minimum atomic E-state index is 0.688. The fraction of sp³-hybridized carbons (Fsp3) is 0.0526. The first-order chi connectivity index (χ1) is 11.3. The lowest BCUT2D eigenvalue weighted by Gasteiger charge is -2.08. The third-order valence-corrected chi connectivity index (χ3v) is 4.01. The van der Waals surface area contributed by atoms with Crippen molar-refractivity contribution in [2.75, 3.05) is 0 Å². The van der Waals surface area contributed by atoms with E-state index in [0.717, 1.165) is 39.8 Å². The summed E-state index contributed by atoms with van der Waals surface area (Å²) in [6.07, 6.45) is 5.91. The average molecular weight is 321 g/mol. The minimum Gasteiger partial charge on any atom is -0.456 e.